The smallest absolute Gasteiger partial charge is 0.374 e. The Kier molecular flexibility index (Phi) is 3.72. The molecule has 1 aromatic rings. The van der Waals surface area contributed by atoms with Crippen molar-refractivity contribution in [1.82, 2.24) is 0 Å². The molecule has 1 aliphatic rings. The molecule has 1 amide bonds. The molecule has 6 nitrogen and oxygen atoms in total. The first-order valence-corrected chi connectivity index (χ1v) is 6.61. The summed E-state index contributed by atoms with van der Waals surface area (Å²) in [6.07, 6.45) is 0. The van der Waals surface area contributed by atoms with Gasteiger partial charge in [-0.1, -0.05) is 12.1 Å². The molecule has 0 saturated carbocycles. The van der Waals surface area contributed by atoms with Crippen molar-refractivity contribution in [3.05, 3.63) is 35.0 Å². The predicted octanol–water partition coefficient (Wildman–Crippen LogP) is 1.30. The molecule has 0 aliphatic carbocycles. The molecule has 0 radical (unpaired) electrons. The van der Waals surface area contributed by atoms with E-state index in [1.165, 1.54) is 4.90 Å². The molecule has 2 rings (SSSR count). The molecule has 0 fully saturated rings. The number of likely N-dealkylation sites (N-methyl/N-ethyl adjacent to an activating group) is 1. The van der Waals surface area contributed by atoms with Crippen LogP contribution in [0, 0.1) is 5.21 Å². The normalized spacial score (nSPS) is 16.8. The molecule has 0 atom stereocenters. The van der Waals surface area contributed by atoms with E-state index in [0.29, 0.717) is 16.0 Å². The van der Waals surface area contributed by atoms with E-state index >= 15 is 0 Å². The first-order valence-electron chi connectivity index (χ1n) is 6.61. The van der Waals surface area contributed by atoms with Gasteiger partial charge in [0.25, 0.3) is 12.3 Å². The highest BCUT2D eigenvalue weighted by Crippen LogP contribution is 2.27. The Morgan fingerprint density at radius 1 is 1.33 bits per heavy atom. The van der Waals surface area contributed by atoms with Gasteiger partial charge in [0.2, 0.25) is 0 Å². The molecule has 0 N–H and O–H groups in total. The number of nitrogens with zero attached hydrogens (tertiary/aromatic N) is 2. The SMILES string of the molecule is CN1C(=O)/C(=[N+](/[O-])CC(=O)OC(C)(C)C)c2ccccc21. The van der Waals surface area contributed by atoms with Crippen molar-refractivity contribution in [3.8, 4) is 0 Å². The molecule has 1 aliphatic heterocycles. The van der Waals surface area contributed by atoms with Crippen molar-refractivity contribution in [2.45, 2.75) is 26.4 Å². The van der Waals surface area contributed by atoms with E-state index in [0.717, 1.165) is 0 Å². The highest BCUT2D eigenvalue weighted by molar-refractivity contribution is 6.52. The van der Waals surface area contributed by atoms with E-state index in [4.69, 9.17) is 4.74 Å². The van der Waals surface area contributed by atoms with Crippen LogP contribution in [-0.4, -0.2) is 41.5 Å². The Balaban J connectivity index is 2.31. The van der Waals surface area contributed by atoms with Gasteiger partial charge in [-0.3, -0.25) is 4.79 Å². The van der Waals surface area contributed by atoms with Crippen molar-refractivity contribution >= 4 is 23.3 Å². The van der Waals surface area contributed by atoms with Gasteiger partial charge in [-0.25, -0.2) is 4.79 Å². The van der Waals surface area contributed by atoms with E-state index in [-0.39, 0.29) is 5.71 Å². The third-order valence-electron chi connectivity index (χ3n) is 2.97. The zero-order chi connectivity index (χ0) is 15.8. The maximum atomic E-state index is 12.2. The standard InChI is InChI=1S/C15H18N2O4/c1-15(2,3)21-12(18)9-17(20)13-10-7-5-6-8-11(10)16(4)14(13)19/h5-8H,9H2,1-4H3/b17-13+. The highest BCUT2D eigenvalue weighted by Gasteiger charge is 2.38. The quantitative estimate of drug-likeness (QED) is 0.356. The van der Waals surface area contributed by atoms with Gasteiger partial charge in [0.1, 0.15) is 5.60 Å². The molecule has 21 heavy (non-hydrogen) atoms. The first-order chi connectivity index (χ1) is 9.70. The largest absolute Gasteiger partial charge is 0.623 e. The number of fused-ring (bicyclic) bond motifs is 1. The number of benzene rings is 1. The summed E-state index contributed by atoms with van der Waals surface area (Å²) >= 11 is 0. The maximum absolute atomic E-state index is 12.2. The fourth-order valence-corrected chi connectivity index (χ4v) is 2.16. The minimum Gasteiger partial charge on any atom is -0.623 e. The number of hydrogen-bond acceptors (Lipinski definition) is 4. The summed E-state index contributed by atoms with van der Waals surface area (Å²) in [6.45, 7) is 4.64. The van der Waals surface area contributed by atoms with Crippen molar-refractivity contribution in [3.63, 3.8) is 0 Å². The second kappa shape index (κ2) is 5.20. The van der Waals surface area contributed by atoms with Crippen molar-refractivity contribution in [2.75, 3.05) is 18.5 Å². The van der Waals surface area contributed by atoms with Crippen LogP contribution in [0.1, 0.15) is 26.3 Å². The molecule has 1 aromatic carbocycles. The lowest BCUT2D eigenvalue weighted by molar-refractivity contribution is -0.447. The summed E-state index contributed by atoms with van der Waals surface area (Å²) in [4.78, 5) is 25.3. The summed E-state index contributed by atoms with van der Waals surface area (Å²) in [5.41, 5.74) is 0.488. The van der Waals surface area contributed by atoms with Gasteiger partial charge >= 0.3 is 11.9 Å². The summed E-state index contributed by atoms with van der Waals surface area (Å²) in [5.74, 6) is -1.08. The lowest BCUT2D eigenvalue weighted by Gasteiger charge is -2.19. The third kappa shape index (κ3) is 3.04. The van der Waals surface area contributed by atoms with Crippen LogP contribution in [0.5, 0.6) is 0 Å². The highest BCUT2D eigenvalue weighted by atomic mass is 16.6. The molecule has 112 valence electrons. The van der Waals surface area contributed by atoms with Crippen molar-refractivity contribution < 1.29 is 19.1 Å². The summed E-state index contributed by atoms with van der Waals surface area (Å²) in [5, 5.41) is 12.2. The van der Waals surface area contributed by atoms with Crippen LogP contribution in [0.2, 0.25) is 0 Å². The molecule has 6 heteroatoms. The molecule has 0 spiro atoms. The van der Waals surface area contributed by atoms with Gasteiger partial charge in [0.05, 0.1) is 11.3 Å². The molecule has 0 unspecified atom stereocenters. The average Bonchev–Trinajstić information content (AvgIpc) is 2.60. The van der Waals surface area contributed by atoms with Gasteiger partial charge in [0, 0.05) is 7.05 Å². The van der Waals surface area contributed by atoms with Crippen LogP contribution < -0.4 is 4.90 Å². The van der Waals surface area contributed by atoms with E-state index in [1.54, 1.807) is 52.1 Å². The van der Waals surface area contributed by atoms with Crippen molar-refractivity contribution in [1.29, 1.82) is 0 Å². The Morgan fingerprint density at radius 3 is 2.57 bits per heavy atom. The topological polar surface area (TPSA) is 72.7 Å². The zero-order valence-corrected chi connectivity index (χ0v) is 12.5. The van der Waals surface area contributed by atoms with E-state index in [1.807, 2.05) is 0 Å². The summed E-state index contributed by atoms with van der Waals surface area (Å²) < 4.78 is 5.50. The minimum absolute atomic E-state index is 0.0287. The number of anilines is 1. The number of hydroxylamine groups is 1. The molecule has 0 aromatic heterocycles. The minimum atomic E-state index is -0.670. The molecule has 1 heterocycles. The summed E-state index contributed by atoms with van der Waals surface area (Å²) in [6, 6.07) is 6.97. The van der Waals surface area contributed by atoms with Crippen LogP contribution in [0.4, 0.5) is 5.69 Å². The fraction of sp³-hybridized carbons (Fsp3) is 0.400. The third-order valence-corrected chi connectivity index (χ3v) is 2.97. The number of ether oxygens (including phenoxy) is 1. The average molecular weight is 290 g/mol. The van der Waals surface area contributed by atoms with Crippen LogP contribution in [0.25, 0.3) is 0 Å². The second-order valence-corrected chi connectivity index (χ2v) is 5.85. The van der Waals surface area contributed by atoms with Gasteiger partial charge in [-0.15, -0.1) is 0 Å². The Labute approximate surface area is 123 Å². The number of carbonyl (C=O) groups excluding carboxylic acids is 2. The van der Waals surface area contributed by atoms with Gasteiger partial charge in [0.15, 0.2) is 0 Å². The lowest BCUT2D eigenvalue weighted by Crippen LogP contribution is -2.35. The monoisotopic (exact) mass is 290 g/mol. The van der Waals surface area contributed by atoms with Crippen LogP contribution in [0.15, 0.2) is 24.3 Å². The Bertz CT molecular complexity index is 629. The Morgan fingerprint density at radius 2 is 1.95 bits per heavy atom. The van der Waals surface area contributed by atoms with Crippen LogP contribution in [0.3, 0.4) is 0 Å². The predicted molar refractivity (Wildman–Crippen MR) is 78.3 cm³/mol. The van der Waals surface area contributed by atoms with Crippen molar-refractivity contribution in [2.24, 2.45) is 0 Å². The molecule has 0 bridgehead atoms. The van der Waals surface area contributed by atoms with E-state index in [9.17, 15) is 14.8 Å². The van der Waals surface area contributed by atoms with Gasteiger partial charge in [-0.2, -0.15) is 4.74 Å². The molecule has 0 saturated heterocycles. The number of hydrogen-bond donors (Lipinski definition) is 0. The van der Waals surface area contributed by atoms with E-state index < -0.39 is 24.0 Å². The van der Waals surface area contributed by atoms with Gasteiger partial charge < -0.3 is 14.8 Å². The maximum Gasteiger partial charge on any atom is 0.374 e. The van der Waals surface area contributed by atoms with Crippen LogP contribution >= 0.6 is 0 Å². The zero-order valence-electron chi connectivity index (χ0n) is 12.5. The lowest BCUT2D eigenvalue weighted by atomic mass is 10.1. The van der Waals surface area contributed by atoms with Crippen LogP contribution in [-0.2, 0) is 14.3 Å². The number of rotatable bonds is 2. The van der Waals surface area contributed by atoms with Gasteiger partial charge in [-0.05, 0) is 32.9 Å². The van der Waals surface area contributed by atoms with E-state index in [2.05, 4.69) is 0 Å². The second-order valence-electron chi connectivity index (χ2n) is 5.85. The Hall–Kier alpha value is -2.37. The fourth-order valence-electron chi connectivity index (χ4n) is 2.16. The number of esters is 1. The number of para-hydroxylation sites is 1. The first kappa shape index (κ1) is 15.0. The summed E-state index contributed by atoms with van der Waals surface area (Å²) in [7, 11) is 1.59. The molecular formula is C15H18N2O4. The number of amides is 1. The molecular weight excluding hydrogens is 272 g/mol. The number of carbonyl (C=O) groups is 2.